The second-order valence-corrected chi connectivity index (χ2v) is 14.7. The summed E-state index contributed by atoms with van der Waals surface area (Å²) in [6, 6.07) is 14.5. The Morgan fingerprint density at radius 3 is 2.55 bits per heavy atom. The van der Waals surface area contributed by atoms with Gasteiger partial charge in [-0.3, -0.25) is 9.63 Å². The number of nitrogens with one attached hydrogen (secondary N) is 2. The Hall–Kier alpha value is -3.31. The number of carbonyl (C=O) groups is 2. The van der Waals surface area contributed by atoms with Crippen molar-refractivity contribution in [1.82, 2.24) is 14.7 Å². The minimum atomic E-state index is -4.30. The number of alkyl carbamates (subject to hydrolysis) is 1. The van der Waals surface area contributed by atoms with Crippen molar-refractivity contribution < 1.29 is 46.9 Å². The van der Waals surface area contributed by atoms with Crippen LogP contribution in [0.2, 0.25) is 0 Å². The van der Waals surface area contributed by atoms with Crippen molar-refractivity contribution in [2.75, 3.05) is 57.9 Å². The van der Waals surface area contributed by atoms with E-state index in [4.69, 9.17) is 23.8 Å². The molecule has 0 spiro atoms. The topological polar surface area (TPSA) is 165 Å². The highest BCUT2D eigenvalue weighted by Crippen LogP contribution is 2.33. The molecule has 15 heteroatoms. The molecule has 0 radical (unpaired) electrons. The first-order valence-electron chi connectivity index (χ1n) is 17.1. The van der Waals surface area contributed by atoms with Gasteiger partial charge in [0.1, 0.15) is 6.10 Å². The lowest BCUT2D eigenvalue weighted by molar-refractivity contribution is -0.145. The van der Waals surface area contributed by atoms with E-state index in [0.717, 1.165) is 22.9 Å². The molecular weight excluding hydrogens is 656 g/mol. The highest BCUT2D eigenvalue weighted by molar-refractivity contribution is 7.89. The van der Waals surface area contributed by atoms with E-state index >= 15 is 0 Å². The summed E-state index contributed by atoms with van der Waals surface area (Å²) in [5.74, 6) is -0.176. The fraction of sp³-hybridized carbons (Fsp3) is 0.588. The van der Waals surface area contributed by atoms with E-state index in [1.54, 1.807) is 17.0 Å². The number of carbonyl (C=O) groups excluding carboxylic acids is 2. The van der Waals surface area contributed by atoms with Gasteiger partial charge in [-0.2, -0.15) is 0 Å². The van der Waals surface area contributed by atoms with Gasteiger partial charge < -0.3 is 39.6 Å². The van der Waals surface area contributed by atoms with E-state index in [1.807, 2.05) is 30.3 Å². The number of morpholine rings is 1. The Balaban J connectivity index is 1.17. The maximum atomic E-state index is 14.2. The monoisotopic (exact) mass is 702 g/mol. The van der Waals surface area contributed by atoms with Crippen LogP contribution in [0, 0.1) is 5.92 Å². The molecule has 3 saturated heterocycles. The van der Waals surface area contributed by atoms with Crippen molar-refractivity contribution in [3.8, 4) is 0 Å². The summed E-state index contributed by atoms with van der Waals surface area (Å²) in [6.45, 7) is 2.27. The molecule has 0 unspecified atom stereocenters. The van der Waals surface area contributed by atoms with Gasteiger partial charge in [0.15, 0.2) is 6.29 Å². The van der Waals surface area contributed by atoms with Gasteiger partial charge in [-0.15, -0.1) is 0 Å². The molecule has 2 aromatic carbocycles. The number of aliphatic hydroxyl groups is 1. The fourth-order valence-electron chi connectivity index (χ4n) is 6.65. The summed E-state index contributed by atoms with van der Waals surface area (Å²) in [7, 11) is -4.30. The van der Waals surface area contributed by atoms with E-state index in [1.165, 1.54) is 12.1 Å². The molecule has 4 fully saturated rings. The highest BCUT2D eigenvalue weighted by Gasteiger charge is 2.44. The predicted molar refractivity (Wildman–Crippen MR) is 177 cm³/mol. The zero-order valence-corrected chi connectivity index (χ0v) is 28.3. The van der Waals surface area contributed by atoms with Crippen LogP contribution in [0.15, 0.2) is 59.5 Å². The molecule has 3 aliphatic heterocycles. The Labute approximate surface area is 287 Å². The molecule has 268 valence electrons. The van der Waals surface area contributed by atoms with Gasteiger partial charge in [0.05, 0.1) is 68.6 Å². The first kappa shape index (κ1) is 35.5. The molecule has 0 bridgehead atoms. The number of benzene rings is 2. The number of fused-ring (bicyclic) bond motifs is 1. The standard InChI is InChI=1S/C34H46N4O10S/c39-30(29(19-24-7-2-1-3-8-24)36-34(41)47-31-23-46-33-28(31)13-16-45-33)22-38(48-26-10-4-5-11-26)49(42,43)27-12-6-9-25(20-27)35-21-32(40)37-14-17-44-18-15-37/h1-3,6-9,12,20,26,28-31,33,35,39H,4-5,10-11,13-19,21-23H2,(H,36,41)/t28-,29-,30+,31-,33+/m0/s1. The third-order valence-electron chi connectivity index (χ3n) is 9.42. The number of hydrogen-bond acceptors (Lipinski definition) is 11. The smallest absolute Gasteiger partial charge is 0.407 e. The van der Waals surface area contributed by atoms with Crippen LogP contribution in [0.4, 0.5) is 10.5 Å². The van der Waals surface area contributed by atoms with E-state index in [-0.39, 0.29) is 42.4 Å². The molecular formula is C34H46N4O10S. The van der Waals surface area contributed by atoms with Gasteiger partial charge in [-0.1, -0.05) is 53.7 Å². The van der Waals surface area contributed by atoms with Crippen LogP contribution in [0.25, 0.3) is 0 Å². The van der Waals surface area contributed by atoms with Crippen LogP contribution in [0.3, 0.4) is 0 Å². The van der Waals surface area contributed by atoms with Crippen molar-refractivity contribution in [3.63, 3.8) is 0 Å². The summed E-state index contributed by atoms with van der Waals surface area (Å²) < 4.78 is 51.4. The van der Waals surface area contributed by atoms with Crippen molar-refractivity contribution in [3.05, 3.63) is 60.2 Å². The zero-order chi connectivity index (χ0) is 34.2. The van der Waals surface area contributed by atoms with Crippen LogP contribution in [-0.4, -0.2) is 118 Å². The average Bonchev–Trinajstić information content (AvgIpc) is 3.89. The quantitative estimate of drug-likeness (QED) is 0.248. The summed E-state index contributed by atoms with van der Waals surface area (Å²) in [5, 5.41) is 17.5. The lowest BCUT2D eigenvalue weighted by Gasteiger charge is -2.31. The molecule has 3 N–H and O–H groups in total. The van der Waals surface area contributed by atoms with Gasteiger partial charge in [-0.25, -0.2) is 13.2 Å². The zero-order valence-electron chi connectivity index (χ0n) is 27.5. The molecule has 1 aliphatic carbocycles. The maximum absolute atomic E-state index is 14.2. The average molecular weight is 703 g/mol. The fourth-order valence-corrected chi connectivity index (χ4v) is 7.99. The summed E-state index contributed by atoms with van der Waals surface area (Å²) in [6.07, 6.45) is 0.746. The van der Waals surface area contributed by atoms with Crippen LogP contribution in [0.5, 0.6) is 0 Å². The van der Waals surface area contributed by atoms with Gasteiger partial charge in [0.2, 0.25) is 5.91 Å². The number of ether oxygens (including phenoxy) is 4. The summed E-state index contributed by atoms with van der Waals surface area (Å²) in [4.78, 5) is 33.6. The Kier molecular flexibility index (Phi) is 12.0. The van der Waals surface area contributed by atoms with Crippen molar-refractivity contribution in [2.45, 2.75) is 74.1 Å². The normalized spacial score (nSPS) is 24.0. The number of nitrogens with zero attached hydrogens (tertiary/aromatic N) is 2. The molecule has 6 rings (SSSR count). The maximum Gasteiger partial charge on any atom is 0.407 e. The number of hydrogen-bond donors (Lipinski definition) is 3. The number of rotatable bonds is 14. The highest BCUT2D eigenvalue weighted by atomic mass is 32.2. The third-order valence-corrected chi connectivity index (χ3v) is 11.0. The van der Waals surface area contributed by atoms with E-state index < -0.39 is 47.2 Å². The van der Waals surface area contributed by atoms with Gasteiger partial charge in [-0.05, 0) is 49.4 Å². The molecule has 5 atom stereocenters. The lowest BCUT2D eigenvalue weighted by atomic mass is 10.0. The number of anilines is 1. The van der Waals surface area contributed by atoms with Crippen LogP contribution >= 0.6 is 0 Å². The van der Waals surface area contributed by atoms with E-state index in [2.05, 4.69) is 10.6 Å². The Bertz CT molecular complexity index is 1500. The van der Waals surface area contributed by atoms with Crippen LogP contribution < -0.4 is 10.6 Å². The van der Waals surface area contributed by atoms with Crippen molar-refractivity contribution >= 4 is 27.7 Å². The summed E-state index contributed by atoms with van der Waals surface area (Å²) in [5.41, 5.74) is 1.28. The first-order chi connectivity index (χ1) is 23.8. The van der Waals surface area contributed by atoms with Crippen LogP contribution in [0.1, 0.15) is 37.7 Å². The van der Waals surface area contributed by atoms with E-state index in [9.17, 15) is 23.1 Å². The van der Waals surface area contributed by atoms with Gasteiger partial charge in [0.25, 0.3) is 10.0 Å². The molecule has 14 nitrogen and oxygen atoms in total. The minimum Gasteiger partial charge on any atom is -0.443 e. The Morgan fingerprint density at radius 2 is 1.78 bits per heavy atom. The number of sulfonamides is 1. The second-order valence-electron chi connectivity index (χ2n) is 12.9. The van der Waals surface area contributed by atoms with Gasteiger partial charge >= 0.3 is 6.09 Å². The summed E-state index contributed by atoms with van der Waals surface area (Å²) >= 11 is 0. The van der Waals surface area contributed by atoms with Crippen molar-refractivity contribution in [1.29, 1.82) is 0 Å². The molecule has 3 heterocycles. The largest absolute Gasteiger partial charge is 0.443 e. The second kappa shape index (κ2) is 16.6. The molecule has 2 amide bonds. The van der Waals surface area contributed by atoms with E-state index in [0.29, 0.717) is 57.9 Å². The minimum absolute atomic E-state index is 0.00511. The number of hydroxylamine groups is 1. The molecule has 4 aliphatic rings. The SMILES string of the molecule is O=C(N[C@@H](Cc1ccccc1)[C@H](O)CN(OC1CCCC1)S(=O)(=O)c1cccc(NCC(=O)N2CCOCC2)c1)O[C@H]1CO[C@H]2OCC[C@H]21. The molecule has 1 saturated carbocycles. The third kappa shape index (κ3) is 9.28. The van der Waals surface area contributed by atoms with Crippen LogP contribution in [-0.2, 0) is 45.0 Å². The lowest BCUT2D eigenvalue weighted by Crippen LogP contribution is -2.51. The van der Waals surface area contributed by atoms with Crippen molar-refractivity contribution in [2.24, 2.45) is 5.92 Å². The molecule has 2 aromatic rings. The van der Waals surface area contributed by atoms with Gasteiger partial charge in [0, 0.05) is 18.8 Å². The number of aliphatic hydroxyl groups excluding tert-OH is 1. The Morgan fingerprint density at radius 1 is 1.00 bits per heavy atom. The predicted octanol–water partition coefficient (Wildman–Crippen LogP) is 2.28. The first-order valence-corrected chi connectivity index (χ1v) is 18.5. The molecule has 49 heavy (non-hydrogen) atoms. The molecule has 0 aromatic heterocycles. The number of amides is 2.